The van der Waals surface area contributed by atoms with Gasteiger partial charge >= 0.3 is 5.97 Å². The molecule has 76 valence electrons. The Labute approximate surface area is 78.4 Å². The number of methoxy groups -OCH3 is 1. The summed E-state index contributed by atoms with van der Waals surface area (Å²) >= 11 is 0. The van der Waals surface area contributed by atoms with Gasteiger partial charge in [-0.25, -0.2) is 0 Å². The largest absolute Gasteiger partial charge is 0.634 e. The molecule has 0 aromatic rings. The highest BCUT2D eigenvalue weighted by atomic mass is 16.5. The van der Waals surface area contributed by atoms with Crippen LogP contribution in [0.1, 0.15) is 25.7 Å². The van der Waals surface area contributed by atoms with Gasteiger partial charge in [0.1, 0.15) is 0 Å². The zero-order chi connectivity index (χ0) is 9.84. The fraction of sp³-hybridized carbons (Fsp3) is 0.889. The number of ether oxygens (including phenoxy) is 1. The first kappa shape index (κ1) is 10.5. The zero-order valence-electron chi connectivity index (χ0n) is 8.21. The van der Waals surface area contributed by atoms with E-state index in [1.807, 2.05) is 0 Å². The Morgan fingerprint density at radius 3 is 2.31 bits per heavy atom. The van der Waals surface area contributed by atoms with Gasteiger partial charge in [-0.3, -0.25) is 4.79 Å². The van der Waals surface area contributed by atoms with E-state index in [1.54, 1.807) is 7.05 Å². The van der Waals surface area contributed by atoms with Gasteiger partial charge in [-0.2, -0.15) is 0 Å². The molecule has 0 saturated heterocycles. The SMILES string of the molecule is COC(=O)[C@H]1CC[C@H]([NH+](C)[O-])CC1. The Hall–Kier alpha value is -0.610. The van der Waals surface area contributed by atoms with Gasteiger partial charge in [0.25, 0.3) is 0 Å². The molecule has 0 aromatic heterocycles. The first-order chi connectivity index (χ1) is 6.15. The number of carbonyl (C=O) groups is 1. The molecule has 4 nitrogen and oxygen atoms in total. The minimum absolute atomic E-state index is 0.0283. The van der Waals surface area contributed by atoms with Crippen molar-refractivity contribution < 1.29 is 14.6 Å². The number of carbonyl (C=O) groups excluding carboxylic acids is 1. The van der Waals surface area contributed by atoms with Gasteiger partial charge in [-0.05, 0) is 12.8 Å². The summed E-state index contributed by atoms with van der Waals surface area (Å²) < 4.78 is 4.66. The van der Waals surface area contributed by atoms with Crippen molar-refractivity contribution in [3.63, 3.8) is 0 Å². The Bertz CT molecular complexity index is 174. The third-order valence-electron chi connectivity index (χ3n) is 2.84. The molecule has 1 aliphatic rings. The lowest BCUT2D eigenvalue weighted by molar-refractivity contribution is -0.856. The standard InChI is InChI=1S/C9H17NO3/c1-10(12)8-5-3-7(4-6-8)9(11)13-2/h7-8,10H,3-6H2,1-2H3/t7-,8-. The highest BCUT2D eigenvalue weighted by Gasteiger charge is 2.28. The van der Waals surface area contributed by atoms with Gasteiger partial charge in [-0.1, -0.05) is 0 Å². The molecular formula is C9H17NO3. The van der Waals surface area contributed by atoms with Crippen LogP contribution in [0.4, 0.5) is 0 Å². The summed E-state index contributed by atoms with van der Waals surface area (Å²) in [4.78, 5) is 11.1. The molecule has 0 radical (unpaired) electrons. The molecule has 1 saturated carbocycles. The van der Waals surface area contributed by atoms with Crippen LogP contribution < -0.4 is 5.06 Å². The molecule has 1 aliphatic carbocycles. The number of hydrogen-bond acceptors (Lipinski definition) is 3. The normalized spacial score (nSPS) is 31.0. The molecule has 0 aromatic carbocycles. The van der Waals surface area contributed by atoms with Crippen molar-refractivity contribution in [2.24, 2.45) is 5.92 Å². The van der Waals surface area contributed by atoms with Crippen LogP contribution in [0.3, 0.4) is 0 Å². The van der Waals surface area contributed by atoms with Crippen LogP contribution in [0.25, 0.3) is 0 Å². The monoisotopic (exact) mass is 187 g/mol. The molecule has 0 heterocycles. The van der Waals surface area contributed by atoms with Crippen LogP contribution in [0.15, 0.2) is 0 Å². The highest BCUT2D eigenvalue weighted by Crippen LogP contribution is 2.23. The van der Waals surface area contributed by atoms with Crippen molar-refractivity contribution in [1.29, 1.82) is 0 Å². The summed E-state index contributed by atoms with van der Waals surface area (Å²) in [5.74, 6) is -0.0948. The number of quaternary nitrogens is 1. The van der Waals surface area contributed by atoms with Gasteiger partial charge in [-0.15, -0.1) is 0 Å². The highest BCUT2D eigenvalue weighted by molar-refractivity contribution is 5.72. The van der Waals surface area contributed by atoms with Crippen LogP contribution in [-0.4, -0.2) is 26.2 Å². The van der Waals surface area contributed by atoms with E-state index in [0.29, 0.717) is 0 Å². The van der Waals surface area contributed by atoms with Crippen molar-refractivity contribution in [1.82, 2.24) is 0 Å². The average molecular weight is 187 g/mol. The van der Waals surface area contributed by atoms with Crippen molar-refractivity contribution in [2.45, 2.75) is 31.7 Å². The van der Waals surface area contributed by atoms with E-state index in [2.05, 4.69) is 4.74 Å². The summed E-state index contributed by atoms with van der Waals surface area (Å²) in [5, 5.41) is 11.3. The van der Waals surface area contributed by atoms with Gasteiger partial charge in [0.2, 0.25) is 0 Å². The molecule has 0 spiro atoms. The zero-order valence-corrected chi connectivity index (χ0v) is 8.21. The Balaban J connectivity index is 2.34. The van der Waals surface area contributed by atoms with E-state index in [0.717, 1.165) is 25.7 Å². The van der Waals surface area contributed by atoms with Crippen LogP contribution in [0.2, 0.25) is 0 Å². The summed E-state index contributed by atoms with van der Waals surface area (Å²) in [6, 6.07) is 0.181. The quantitative estimate of drug-likeness (QED) is 0.478. The summed E-state index contributed by atoms with van der Waals surface area (Å²) in [5.41, 5.74) is 0. The van der Waals surface area contributed by atoms with E-state index in [1.165, 1.54) is 7.11 Å². The molecule has 1 rings (SSSR count). The van der Waals surface area contributed by atoms with Crippen LogP contribution in [0, 0.1) is 11.1 Å². The maximum atomic E-state index is 11.1. The first-order valence-electron chi connectivity index (χ1n) is 4.73. The van der Waals surface area contributed by atoms with Gasteiger partial charge in [0.05, 0.1) is 26.1 Å². The second-order valence-electron chi connectivity index (χ2n) is 3.68. The molecule has 1 fully saturated rings. The fourth-order valence-electron chi connectivity index (χ4n) is 1.90. The molecule has 0 bridgehead atoms. The lowest BCUT2D eigenvalue weighted by Gasteiger charge is -2.32. The van der Waals surface area contributed by atoms with Crippen LogP contribution in [-0.2, 0) is 9.53 Å². The van der Waals surface area contributed by atoms with Crippen molar-refractivity contribution in [3.05, 3.63) is 5.21 Å². The van der Waals surface area contributed by atoms with E-state index in [9.17, 15) is 10.0 Å². The molecule has 1 atom stereocenters. The van der Waals surface area contributed by atoms with Crippen LogP contribution >= 0.6 is 0 Å². The predicted molar refractivity (Wildman–Crippen MR) is 48.0 cm³/mol. The van der Waals surface area contributed by atoms with Crippen molar-refractivity contribution in [2.75, 3.05) is 14.2 Å². The maximum Gasteiger partial charge on any atom is 0.308 e. The Morgan fingerprint density at radius 1 is 1.38 bits per heavy atom. The average Bonchev–Trinajstić information content (AvgIpc) is 2.17. The number of hydroxylamine groups is 2. The third kappa shape index (κ3) is 2.67. The smallest absolute Gasteiger partial charge is 0.308 e. The maximum absolute atomic E-state index is 11.1. The second kappa shape index (κ2) is 4.58. The topological polar surface area (TPSA) is 53.8 Å². The molecule has 0 amide bonds. The number of esters is 1. The second-order valence-corrected chi connectivity index (χ2v) is 3.68. The molecular weight excluding hydrogens is 170 g/mol. The van der Waals surface area contributed by atoms with Crippen molar-refractivity contribution in [3.8, 4) is 0 Å². The Kier molecular flexibility index (Phi) is 3.69. The lowest BCUT2D eigenvalue weighted by Crippen LogP contribution is -3.08. The predicted octanol–water partition coefficient (Wildman–Crippen LogP) is -0.269. The number of rotatable bonds is 2. The van der Waals surface area contributed by atoms with Gasteiger partial charge in [0.15, 0.2) is 0 Å². The fourth-order valence-corrected chi connectivity index (χ4v) is 1.90. The van der Waals surface area contributed by atoms with Crippen LogP contribution in [0.5, 0.6) is 0 Å². The molecule has 1 unspecified atom stereocenters. The minimum Gasteiger partial charge on any atom is -0.634 e. The number of nitrogens with one attached hydrogen (secondary N) is 1. The Morgan fingerprint density at radius 2 is 1.92 bits per heavy atom. The summed E-state index contributed by atoms with van der Waals surface area (Å²) in [7, 11) is 3.04. The van der Waals surface area contributed by atoms with Gasteiger partial charge in [0, 0.05) is 12.8 Å². The van der Waals surface area contributed by atoms with Gasteiger partial charge < -0.3 is 15.0 Å². The summed E-state index contributed by atoms with van der Waals surface area (Å²) in [6.45, 7) is 0. The minimum atomic E-state index is -0.123. The third-order valence-corrected chi connectivity index (χ3v) is 2.84. The van der Waals surface area contributed by atoms with Crippen molar-refractivity contribution >= 4 is 5.97 Å². The first-order valence-corrected chi connectivity index (χ1v) is 4.73. The van der Waals surface area contributed by atoms with E-state index in [-0.39, 0.29) is 23.0 Å². The molecule has 13 heavy (non-hydrogen) atoms. The number of hydrogen-bond donors (Lipinski definition) is 1. The van der Waals surface area contributed by atoms with E-state index < -0.39 is 0 Å². The molecule has 0 aliphatic heterocycles. The van der Waals surface area contributed by atoms with E-state index in [4.69, 9.17) is 0 Å². The van der Waals surface area contributed by atoms with E-state index >= 15 is 0 Å². The summed E-state index contributed by atoms with van der Waals surface area (Å²) in [6.07, 6.45) is 3.29. The molecule has 4 heteroatoms. The molecule has 1 N–H and O–H groups in total. The lowest BCUT2D eigenvalue weighted by atomic mass is 9.86.